The molecule has 1 aromatic rings. The fourth-order valence-corrected chi connectivity index (χ4v) is 3.07. The van der Waals surface area contributed by atoms with E-state index in [1.807, 2.05) is 31.2 Å². The number of hydrogen-bond acceptors (Lipinski definition) is 5. The molecule has 1 atom stereocenters. The third-order valence-electron chi connectivity index (χ3n) is 3.13. The highest BCUT2D eigenvalue weighted by molar-refractivity contribution is 7.91. The second-order valence-corrected chi connectivity index (χ2v) is 7.09. The highest BCUT2D eigenvalue weighted by atomic mass is 32.2. The van der Waals surface area contributed by atoms with E-state index in [4.69, 9.17) is 10.5 Å². The van der Waals surface area contributed by atoms with Crippen molar-refractivity contribution in [2.45, 2.75) is 19.4 Å². The molecule has 0 aliphatic rings. The van der Waals surface area contributed by atoms with Crippen LogP contribution in [-0.2, 0) is 14.6 Å². The minimum atomic E-state index is -3.26. The molecule has 1 rings (SSSR count). The largest absolute Gasteiger partial charge is 0.496 e. The predicted molar refractivity (Wildman–Crippen MR) is 81.9 cm³/mol. The molecule has 0 aliphatic carbocycles. The minimum Gasteiger partial charge on any atom is -0.496 e. The van der Waals surface area contributed by atoms with Gasteiger partial charge in [0, 0.05) is 24.6 Å². The van der Waals surface area contributed by atoms with Gasteiger partial charge in [-0.25, -0.2) is 8.42 Å². The Morgan fingerprint density at radius 1 is 1.33 bits per heavy atom. The van der Waals surface area contributed by atoms with E-state index in [1.165, 1.54) is 0 Å². The number of primary amides is 1. The lowest BCUT2D eigenvalue weighted by molar-refractivity contribution is -0.117. The van der Waals surface area contributed by atoms with Crippen molar-refractivity contribution in [1.82, 2.24) is 5.32 Å². The molecule has 7 heteroatoms. The molecule has 0 heterocycles. The van der Waals surface area contributed by atoms with E-state index in [9.17, 15) is 13.2 Å². The Bertz CT molecular complexity index is 572. The lowest BCUT2D eigenvalue weighted by Gasteiger charge is -2.17. The molecule has 0 radical (unpaired) electrons. The van der Waals surface area contributed by atoms with Crippen LogP contribution in [0.2, 0.25) is 0 Å². The van der Waals surface area contributed by atoms with E-state index in [0.29, 0.717) is 6.54 Å². The average molecular weight is 314 g/mol. The number of carbonyl (C=O) groups excluding carboxylic acids is 1. The van der Waals surface area contributed by atoms with Crippen LogP contribution in [0.25, 0.3) is 0 Å². The highest BCUT2D eigenvalue weighted by Gasteiger charge is 2.14. The number of nitrogens with two attached hydrogens (primary N) is 1. The number of carbonyl (C=O) groups is 1. The van der Waals surface area contributed by atoms with Crippen molar-refractivity contribution in [3.63, 3.8) is 0 Å². The monoisotopic (exact) mass is 314 g/mol. The molecule has 21 heavy (non-hydrogen) atoms. The first-order valence-electron chi connectivity index (χ1n) is 6.71. The zero-order chi connectivity index (χ0) is 15.9. The Labute approximate surface area is 125 Å². The Morgan fingerprint density at radius 3 is 2.62 bits per heavy atom. The number of hydrogen-bond donors (Lipinski definition) is 2. The van der Waals surface area contributed by atoms with Crippen molar-refractivity contribution in [1.29, 1.82) is 0 Å². The standard InChI is InChI=1S/C14H22N2O4S/c1-11(12-5-3-4-6-13(12)20-2)16-8-10-21(18,19)9-7-14(15)17/h3-6,11,16H,7-10H2,1-2H3,(H2,15,17). The van der Waals surface area contributed by atoms with Crippen LogP contribution >= 0.6 is 0 Å². The van der Waals surface area contributed by atoms with Gasteiger partial charge < -0.3 is 15.8 Å². The fourth-order valence-electron chi connectivity index (χ4n) is 1.92. The van der Waals surface area contributed by atoms with Crippen LogP contribution in [0.15, 0.2) is 24.3 Å². The van der Waals surface area contributed by atoms with Crippen LogP contribution in [0.1, 0.15) is 24.9 Å². The Kier molecular flexibility index (Phi) is 6.64. The second kappa shape index (κ2) is 7.99. The first kappa shape index (κ1) is 17.5. The summed E-state index contributed by atoms with van der Waals surface area (Å²) in [4.78, 5) is 10.6. The number of benzene rings is 1. The molecule has 1 amide bonds. The Morgan fingerprint density at radius 2 is 2.00 bits per heavy atom. The van der Waals surface area contributed by atoms with Crippen LogP contribution in [0, 0.1) is 0 Å². The molecule has 0 aliphatic heterocycles. The van der Waals surface area contributed by atoms with E-state index < -0.39 is 15.7 Å². The molecular weight excluding hydrogens is 292 g/mol. The normalized spacial score (nSPS) is 12.9. The van der Waals surface area contributed by atoms with Crippen molar-refractivity contribution in [3.05, 3.63) is 29.8 Å². The average Bonchev–Trinajstić information content (AvgIpc) is 2.45. The number of sulfone groups is 1. The molecular formula is C14H22N2O4S. The summed E-state index contributed by atoms with van der Waals surface area (Å²) in [6, 6.07) is 7.53. The van der Waals surface area contributed by atoms with Crippen molar-refractivity contribution in [2.75, 3.05) is 25.2 Å². The van der Waals surface area contributed by atoms with Crippen LogP contribution in [0.4, 0.5) is 0 Å². The van der Waals surface area contributed by atoms with E-state index in [0.717, 1.165) is 11.3 Å². The van der Waals surface area contributed by atoms with E-state index >= 15 is 0 Å². The third-order valence-corrected chi connectivity index (χ3v) is 4.78. The molecule has 1 aromatic carbocycles. The summed E-state index contributed by atoms with van der Waals surface area (Å²) in [5.41, 5.74) is 5.92. The molecule has 0 bridgehead atoms. The maximum Gasteiger partial charge on any atom is 0.218 e. The number of methoxy groups -OCH3 is 1. The smallest absolute Gasteiger partial charge is 0.218 e. The summed E-state index contributed by atoms with van der Waals surface area (Å²) in [5.74, 6) is -0.0738. The van der Waals surface area contributed by atoms with Gasteiger partial charge in [0.1, 0.15) is 5.75 Å². The summed E-state index contributed by atoms with van der Waals surface area (Å²) < 4.78 is 28.7. The molecule has 1 unspecified atom stereocenters. The van der Waals surface area contributed by atoms with Gasteiger partial charge in [-0.2, -0.15) is 0 Å². The summed E-state index contributed by atoms with van der Waals surface area (Å²) in [7, 11) is -1.67. The van der Waals surface area contributed by atoms with Crippen LogP contribution < -0.4 is 15.8 Å². The summed E-state index contributed by atoms with van der Waals surface area (Å²) in [5, 5.41) is 3.14. The predicted octanol–water partition coefficient (Wildman–Crippen LogP) is 0.636. The van der Waals surface area contributed by atoms with Gasteiger partial charge in [0.25, 0.3) is 0 Å². The molecule has 0 spiro atoms. The van der Waals surface area contributed by atoms with Crippen molar-refractivity contribution >= 4 is 15.7 Å². The molecule has 0 saturated carbocycles. The maximum absolute atomic E-state index is 11.7. The van der Waals surface area contributed by atoms with Gasteiger partial charge in [-0.05, 0) is 13.0 Å². The van der Waals surface area contributed by atoms with Crippen molar-refractivity contribution in [3.8, 4) is 5.75 Å². The number of ether oxygens (including phenoxy) is 1. The molecule has 0 saturated heterocycles. The lowest BCUT2D eigenvalue weighted by atomic mass is 10.1. The minimum absolute atomic E-state index is 0.0280. The number of amides is 1. The second-order valence-electron chi connectivity index (χ2n) is 4.79. The van der Waals surface area contributed by atoms with Gasteiger partial charge in [0.2, 0.25) is 5.91 Å². The summed E-state index contributed by atoms with van der Waals surface area (Å²) in [6.45, 7) is 2.24. The molecule has 118 valence electrons. The van der Waals surface area contributed by atoms with Crippen LogP contribution in [0.5, 0.6) is 5.75 Å². The molecule has 3 N–H and O–H groups in total. The topological polar surface area (TPSA) is 98.5 Å². The fraction of sp³-hybridized carbons (Fsp3) is 0.500. The third kappa shape index (κ3) is 6.14. The highest BCUT2D eigenvalue weighted by Crippen LogP contribution is 2.23. The van der Waals surface area contributed by atoms with E-state index in [1.54, 1.807) is 7.11 Å². The van der Waals surface area contributed by atoms with Gasteiger partial charge >= 0.3 is 0 Å². The van der Waals surface area contributed by atoms with Gasteiger partial charge in [-0.3, -0.25) is 4.79 Å². The first-order chi connectivity index (χ1) is 9.85. The van der Waals surface area contributed by atoms with Gasteiger partial charge in [-0.15, -0.1) is 0 Å². The Balaban J connectivity index is 2.50. The Hall–Kier alpha value is -1.60. The SMILES string of the molecule is COc1ccccc1C(C)NCCS(=O)(=O)CCC(N)=O. The molecule has 0 aromatic heterocycles. The van der Waals surface area contributed by atoms with Gasteiger partial charge in [0.05, 0.1) is 18.6 Å². The first-order valence-corrected chi connectivity index (χ1v) is 8.53. The number of nitrogens with one attached hydrogen (secondary N) is 1. The van der Waals surface area contributed by atoms with Crippen LogP contribution in [0.3, 0.4) is 0 Å². The van der Waals surface area contributed by atoms with Crippen molar-refractivity contribution in [2.24, 2.45) is 5.73 Å². The van der Waals surface area contributed by atoms with Crippen LogP contribution in [-0.4, -0.2) is 39.5 Å². The van der Waals surface area contributed by atoms with E-state index in [-0.39, 0.29) is 24.0 Å². The number of para-hydroxylation sites is 1. The maximum atomic E-state index is 11.7. The van der Waals surface area contributed by atoms with Crippen molar-refractivity contribution < 1.29 is 17.9 Å². The zero-order valence-electron chi connectivity index (χ0n) is 12.3. The quantitative estimate of drug-likeness (QED) is 0.697. The van der Waals surface area contributed by atoms with E-state index in [2.05, 4.69) is 5.32 Å². The zero-order valence-corrected chi connectivity index (χ0v) is 13.2. The summed E-state index contributed by atoms with van der Waals surface area (Å²) in [6.07, 6.45) is -0.135. The van der Waals surface area contributed by atoms with Gasteiger partial charge in [0.15, 0.2) is 9.84 Å². The number of rotatable bonds is 9. The molecule has 0 fully saturated rings. The lowest BCUT2D eigenvalue weighted by Crippen LogP contribution is -2.28. The van der Waals surface area contributed by atoms with Gasteiger partial charge in [-0.1, -0.05) is 18.2 Å². The molecule has 6 nitrogen and oxygen atoms in total. The summed E-state index contributed by atoms with van der Waals surface area (Å²) >= 11 is 0.